The average Bonchev–Trinajstić information content (AvgIpc) is 3.57. The second kappa shape index (κ2) is 13.3. The van der Waals surface area contributed by atoms with Crippen molar-refractivity contribution in [3.63, 3.8) is 0 Å². The molecule has 2 amide bonds. The van der Waals surface area contributed by atoms with Crippen LogP contribution in [0.1, 0.15) is 61.3 Å². The predicted molar refractivity (Wildman–Crippen MR) is 167 cm³/mol. The van der Waals surface area contributed by atoms with Crippen molar-refractivity contribution in [2.24, 2.45) is 10.8 Å². The highest BCUT2D eigenvalue weighted by Gasteiger charge is 2.46. The Bertz CT molecular complexity index is 1520. The van der Waals surface area contributed by atoms with Crippen molar-refractivity contribution in [2.45, 2.75) is 57.4 Å². The van der Waals surface area contributed by atoms with Crippen molar-refractivity contribution >= 4 is 17.6 Å². The molecule has 3 aromatic rings. The van der Waals surface area contributed by atoms with Gasteiger partial charge in [-0.1, -0.05) is 36.4 Å². The molecule has 0 spiro atoms. The van der Waals surface area contributed by atoms with E-state index in [1.165, 1.54) is 12.1 Å². The molecule has 6 rings (SSSR count). The summed E-state index contributed by atoms with van der Waals surface area (Å²) < 4.78 is 40.7. The van der Waals surface area contributed by atoms with Gasteiger partial charge in [0, 0.05) is 46.2 Å². The molecular weight excluding hydrogens is 576 g/mol. The number of rotatable bonds is 8. The van der Waals surface area contributed by atoms with Gasteiger partial charge in [-0.25, -0.2) is 13.8 Å². The lowest BCUT2D eigenvalue weighted by molar-refractivity contribution is -0.149. The van der Waals surface area contributed by atoms with Crippen LogP contribution in [0.3, 0.4) is 0 Å². The van der Waals surface area contributed by atoms with Gasteiger partial charge >= 0.3 is 0 Å². The third-order valence-corrected chi connectivity index (χ3v) is 10.1. The van der Waals surface area contributed by atoms with Crippen molar-refractivity contribution in [1.29, 1.82) is 0 Å². The summed E-state index contributed by atoms with van der Waals surface area (Å²) in [6.07, 6.45) is 5.99. The zero-order chi connectivity index (χ0) is 31.4. The Morgan fingerprint density at radius 2 is 1.42 bits per heavy atom. The van der Waals surface area contributed by atoms with Gasteiger partial charge in [0.15, 0.2) is 0 Å². The largest absolute Gasteiger partial charge is 0.381 e. The number of anilines is 1. The summed E-state index contributed by atoms with van der Waals surface area (Å²) >= 11 is 0. The van der Waals surface area contributed by atoms with E-state index in [0.29, 0.717) is 82.0 Å². The van der Waals surface area contributed by atoms with Gasteiger partial charge in [0.05, 0.1) is 16.9 Å². The maximum Gasteiger partial charge on any atom is 0.234 e. The molecule has 4 heterocycles. The summed E-state index contributed by atoms with van der Waals surface area (Å²) in [5.74, 6) is -0.210. The fourth-order valence-corrected chi connectivity index (χ4v) is 7.42. The van der Waals surface area contributed by atoms with Crippen LogP contribution in [0.2, 0.25) is 0 Å². The Balaban J connectivity index is 1.25. The van der Waals surface area contributed by atoms with Crippen molar-refractivity contribution in [2.75, 3.05) is 44.9 Å². The van der Waals surface area contributed by atoms with Gasteiger partial charge in [-0.15, -0.1) is 0 Å². The fourth-order valence-electron chi connectivity index (χ4n) is 7.42. The number of ether oxygens (including phenoxy) is 2. The number of likely N-dealkylation sites (tertiary alicyclic amines) is 1. The highest BCUT2D eigenvalue weighted by atomic mass is 19.1. The smallest absolute Gasteiger partial charge is 0.234 e. The molecule has 0 radical (unpaired) electrons. The molecule has 9 heteroatoms. The monoisotopic (exact) mass is 617 g/mol. The number of halogens is 2. The molecule has 0 N–H and O–H groups in total. The molecule has 238 valence electrons. The Morgan fingerprint density at radius 1 is 0.867 bits per heavy atom. The number of carbonyl (C=O) groups excluding carboxylic acids is 2. The molecule has 0 saturated carbocycles. The highest BCUT2D eigenvalue weighted by Crippen LogP contribution is 2.43. The van der Waals surface area contributed by atoms with Crippen molar-refractivity contribution in [3.05, 3.63) is 95.2 Å². The van der Waals surface area contributed by atoms with E-state index in [2.05, 4.69) is 4.98 Å². The van der Waals surface area contributed by atoms with E-state index >= 15 is 0 Å². The van der Waals surface area contributed by atoms with Crippen LogP contribution in [0.25, 0.3) is 0 Å². The van der Waals surface area contributed by atoms with Crippen molar-refractivity contribution in [1.82, 2.24) is 9.88 Å². The average molecular weight is 618 g/mol. The number of hydrogen-bond acceptors (Lipinski definition) is 5. The van der Waals surface area contributed by atoms with Crippen molar-refractivity contribution < 1.29 is 27.8 Å². The van der Waals surface area contributed by atoms with Crippen LogP contribution in [-0.2, 0) is 31.9 Å². The molecular formula is C36H41F2N3O4. The van der Waals surface area contributed by atoms with Gasteiger partial charge in [-0.3, -0.25) is 14.5 Å². The molecule has 3 fully saturated rings. The van der Waals surface area contributed by atoms with E-state index in [9.17, 15) is 18.4 Å². The minimum atomic E-state index is -0.815. The van der Waals surface area contributed by atoms with E-state index in [4.69, 9.17) is 9.47 Å². The molecule has 45 heavy (non-hydrogen) atoms. The summed E-state index contributed by atoms with van der Waals surface area (Å²) in [7, 11) is 1.72. The summed E-state index contributed by atoms with van der Waals surface area (Å²) in [5.41, 5.74) is 0.416. The minimum absolute atomic E-state index is 0.0328. The fraction of sp³-hybridized carbons (Fsp3) is 0.472. The maximum absolute atomic E-state index is 14.8. The lowest BCUT2D eigenvalue weighted by atomic mass is 9.73. The SMILES string of the molecule is CN(C(=O)C1(Cc2ccccc2F)CCOCC1)c1cc(C2CCCN2C(=O)C2(Cc3ccccc3F)CCOCC2)ccn1. The molecule has 1 aromatic heterocycles. The molecule has 2 aromatic carbocycles. The Hall–Kier alpha value is -3.69. The van der Waals surface area contributed by atoms with Gasteiger partial charge in [-0.2, -0.15) is 0 Å². The number of hydrogen-bond donors (Lipinski definition) is 0. The molecule has 3 aliphatic rings. The topological polar surface area (TPSA) is 72.0 Å². The lowest BCUT2D eigenvalue weighted by Gasteiger charge is -2.41. The van der Waals surface area contributed by atoms with Gasteiger partial charge in [0.2, 0.25) is 11.8 Å². The Morgan fingerprint density at radius 3 is 2.02 bits per heavy atom. The van der Waals surface area contributed by atoms with E-state index in [-0.39, 0.29) is 35.9 Å². The second-order valence-corrected chi connectivity index (χ2v) is 12.8. The number of amides is 2. The van der Waals surface area contributed by atoms with Gasteiger partial charge < -0.3 is 14.4 Å². The molecule has 3 aliphatic heterocycles. The summed E-state index contributed by atoms with van der Waals surface area (Å²) in [4.78, 5) is 36.7. The number of benzene rings is 2. The predicted octanol–water partition coefficient (Wildman–Crippen LogP) is 6.07. The van der Waals surface area contributed by atoms with Crippen LogP contribution in [0.4, 0.5) is 14.6 Å². The van der Waals surface area contributed by atoms with E-state index in [1.54, 1.807) is 48.5 Å². The quantitative estimate of drug-likeness (QED) is 0.307. The molecule has 1 unspecified atom stereocenters. The van der Waals surface area contributed by atoms with Gasteiger partial charge in [0.25, 0.3) is 0 Å². The van der Waals surface area contributed by atoms with Crippen LogP contribution < -0.4 is 4.90 Å². The van der Waals surface area contributed by atoms with Crippen LogP contribution in [0.5, 0.6) is 0 Å². The van der Waals surface area contributed by atoms with Crippen LogP contribution in [-0.4, -0.2) is 61.7 Å². The minimum Gasteiger partial charge on any atom is -0.381 e. The van der Waals surface area contributed by atoms with Crippen LogP contribution >= 0.6 is 0 Å². The van der Waals surface area contributed by atoms with Gasteiger partial charge in [-0.05, 0) is 92.3 Å². The molecule has 3 saturated heterocycles. The first kappa shape index (κ1) is 31.3. The lowest BCUT2D eigenvalue weighted by Crippen LogP contribution is -2.48. The Labute approximate surface area is 263 Å². The summed E-state index contributed by atoms with van der Waals surface area (Å²) in [5, 5.41) is 0. The van der Waals surface area contributed by atoms with Gasteiger partial charge in [0.1, 0.15) is 17.5 Å². The highest BCUT2D eigenvalue weighted by molar-refractivity contribution is 5.96. The zero-order valence-corrected chi connectivity index (χ0v) is 25.9. The standard InChI is InChI=1S/C36H41F2N3O4/c1-40(33(42)35(13-19-44-20-14-35)24-27-7-2-4-9-29(27)37)32-23-26(12-17-39-32)31-11-6-18-41(31)34(43)36(15-21-45-22-16-36)25-28-8-3-5-10-30(28)38/h2-5,7-10,12,17,23,31H,6,11,13-16,18-22,24-25H2,1H3. The van der Waals surface area contributed by atoms with Crippen LogP contribution in [0.15, 0.2) is 66.9 Å². The summed E-state index contributed by atoms with van der Waals surface area (Å²) in [6.45, 7) is 2.40. The molecule has 1 atom stereocenters. The Kier molecular flexibility index (Phi) is 9.28. The molecule has 0 bridgehead atoms. The van der Waals surface area contributed by atoms with E-state index in [0.717, 1.165) is 18.4 Å². The zero-order valence-electron chi connectivity index (χ0n) is 25.9. The van der Waals surface area contributed by atoms with E-state index < -0.39 is 10.8 Å². The normalized spacial score (nSPS) is 21.0. The van der Waals surface area contributed by atoms with Crippen molar-refractivity contribution in [3.8, 4) is 0 Å². The van der Waals surface area contributed by atoms with E-state index in [1.807, 2.05) is 23.1 Å². The van der Waals surface area contributed by atoms with Crippen LogP contribution in [0, 0.1) is 22.5 Å². The second-order valence-electron chi connectivity index (χ2n) is 12.8. The number of pyridine rings is 1. The third kappa shape index (κ3) is 6.38. The first-order valence-electron chi connectivity index (χ1n) is 16.0. The maximum atomic E-state index is 14.8. The summed E-state index contributed by atoms with van der Waals surface area (Å²) in [6, 6.07) is 16.9. The third-order valence-electron chi connectivity index (χ3n) is 10.1. The number of carbonyl (C=O) groups is 2. The first-order chi connectivity index (χ1) is 21.8. The number of aromatic nitrogens is 1. The molecule has 0 aliphatic carbocycles. The molecule has 7 nitrogen and oxygen atoms in total. The first-order valence-corrected chi connectivity index (χ1v) is 16.0. The number of nitrogens with zero attached hydrogens (tertiary/aromatic N) is 3.